The Morgan fingerprint density at radius 2 is 2.06 bits per heavy atom. The minimum atomic E-state index is 0.450. The molecule has 1 aromatic carbocycles. The van der Waals surface area contributed by atoms with E-state index in [2.05, 4.69) is 10.2 Å². The molecule has 5 nitrogen and oxygen atoms in total. The zero-order valence-electron chi connectivity index (χ0n) is 10.8. The smallest absolute Gasteiger partial charge is 0.145 e. The van der Waals surface area contributed by atoms with E-state index in [9.17, 15) is 0 Å². The average Bonchev–Trinajstić information content (AvgIpc) is 2.78. The molecule has 5 heteroatoms. The summed E-state index contributed by atoms with van der Waals surface area (Å²) in [5, 5.41) is 6.80. The molecule has 0 saturated heterocycles. The number of nitrogen functional groups attached to an aromatic ring is 1. The molecular weight excluding hydrogens is 230 g/mol. The third-order valence-electron chi connectivity index (χ3n) is 2.68. The number of aromatic amines is 1. The van der Waals surface area contributed by atoms with Gasteiger partial charge in [-0.15, -0.1) is 0 Å². The maximum Gasteiger partial charge on any atom is 0.145 e. The molecule has 0 aliphatic carbocycles. The molecule has 0 spiro atoms. The Balaban J connectivity index is 2.53. The molecule has 0 unspecified atom stereocenters. The largest absolute Gasteiger partial charge is 0.496 e. The van der Waals surface area contributed by atoms with Crippen molar-refractivity contribution in [2.45, 2.75) is 13.8 Å². The minimum absolute atomic E-state index is 0.450. The molecule has 0 radical (unpaired) electrons. The highest BCUT2D eigenvalue weighted by atomic mass is 16.5. The lowest BCUT2D eigenvalue weighted by molar-refractivity contribution is 0.336. The molecule has 0 bridgehead atoms. The summed E-state index contributed by atoms with van der Waals surface area (Å²) < 4.78 is 11.0. The number of anilines is 1. The van der Waals surface area contributed by atoms with Crippen LogP contribution >= 0.6 is 0 Å². The fraction of sp³-hybridized carbons (Fsp3) is 0.308. The Labute approximate surface area is 106 Å². The fourth-order valence-electron chi connectivity index (χ4n) is 1.83. The lowest BCUT2D eigenvalue weighted by atomic mass is 10.1. The van der Waals surface area contributed by atoms with Crippen LogP contribution in [0.25, 0.3) is 11.3 Å². The van der Waals surface area contributed by atoms with E-state index in [0.717, 1.165) is 28.3 Å². The number of hydrogen-bond acceptors (Lipinski definition) is 4. The molecule has 0 amide bonds. The summed E-state index contributed by atoms with van der Waals surface area (Å²) in [6.45, 7) is 4.56. The second-order valence-corrected chi connectivity index (χ2v) is 3.96. The van der Waals surface area contributed by atoms with Gasteiger partial charge in [-0.25, -0.2) is 0 Å². The van der Waals surface area contributed by atoms with Crippen molar-refractivity contribution < 1.29 is 9.47 Å². The zero-order chi connectivity index (χ0) is 13.1. The third-order valence-corrected chi connectivity index (χ3v) is 2.68. The molecule has 3 N–H and O–H groups in total. The van der Waals surface area contributed by atoms with Gasteiger partial charge < -0.3 is 15.2 Å². The van der Waals surface area contributed by atoms with Crippen molar-refractivity contribution in [1.82, 2.24) is 10.2 Å². The number of nitrogens with two attached hydrogens (primary N) is 1. The standard InChI is InChI=1S/C13H17N3O2/c1-4-18-11-6-9(10-7-13(14)16-15-10)12(17-3)5-8(11)2/h5-7H,4H2,1-3H3,(H3,14,15,16). The van der Waals surface area contributed by atoms with Crippen molar-refractivity contribution in [3.05, 3.63) is 23.8 Å². The van der Waals surface area contributed by atoms with Gasteiger partial charge in [0.2, 0.25) is 0 Å². The maximum atomic E-state index is 5.62. The molecule has 0 fully saturated rings. The SMILES string of the molecule is CCOc1cc(-c2cc(N)n[nH]2)c(OC)cc1C. The number of nitrogens with zero attached hydrogens (tertiary/aromatic N) is 1. The third kappa shape index (κ3) is 2.25. The van der Waals surface area contributed by atoms with Crippen molar-refractivity contribution in [2.24, 2.45) is 0 Å². The van der Waals surface area contributed by atoms with Gasteiger partial charge in [-0.05, 0) is 31.5 Å². The number of aromatic nitrogens is 2. The van der Waals surface area contributed by atoms with E-state index in [1.165, 1.54) is 0 Å². The van der Waals surface area contributed by atoms with Crippen LogP contribution in [0.3, 0.4) is 0 Å². The Bertz CT molecular complexity index is 549. The first-order valence-electron chi connectivity index (χ1n) is 5.78. The fourth-order valence-corrected chi connectivity index (χ4v) is 1.83. The molecule has 1 heterocycles. The van der Waals surface area contributed by atoms with Gasteiger partial charge in [-0.3, -0.25) is 5.10 Å². The normalized spacial score (nSPS) is 10.4. The van der Waals surface area contributed by atoms with Crippen LogP contribution in [0, 0.1) is 6.92 Å². The van der Waals surface area contributed by atoms with Crippen LogP contribution in [-0.2, 0) is 0 Å². The van der Waals surface area contributed by atoms with Gasteiger partial charge in [0.1, 0.15) is 17.3 Å². The number of ether oxygens (including phenoxy) is 2. The van der Waals surface area contributed by atoms with E-state index in [0.29, 0.717) is 12.4 Å². The summed E-state index contributed by atoms with van der Waals surface area (Å²) in [6, 6.07) is 5.64. The first kappa shape index (κ1) is 12.3. The lowest BCUT2D eigenvalue weighted by Crippen LogP contribution is -1.97. The van der Waals surface area contributed by atoms with E-state index < -0.39 is 0 Å². The molecule has 1 aromatic heterocycles. The lowest BCUT2D eigenvalue weighted by Gasteiger charge is -2.12. The number of methoxy groups -OCH3 is 1. The summed E-state index contributed by atoms with van der Waals surface area (Å²) >= 11 is 0. The number of aryl methyl sites for hydroxylation is 1. The minimum Gasteiger partial charge on any atom is -0.496 e. The molecule has 2 aromatic rings. The number of nitrogens with one attached hydrogen (secondary N) is 1. The Morgan fingerprint density at radius 3 is 2.61 bits per heavy atom. The van der Waals surface area contributed by atoms with Crippen LogP contribution < -0.4 is 15.2 Å². The monoisotopic (exact) mass is 247 g/mol. The maximum absolute atomic E-state index is 5.62. The summed E-state index contributed by atoms with van der Waals surface area (Å²) in [7, 11) is 1.64. The van der Waals surface area contributed by atoms with Crippen molar-refractivity contribution in [3.63, 3.8) is 0 Å². The number of rotatable bonds is 4. The number of H-pyrrole nitrogens is 1. The molecular formula is C13H17N3O2. The van der Waals surface area contributed by atoms with Gasteiger partial charge in [-0.1, -0.05) is 0 Å². The van der Waals surface area contributed by atoms with E-state index in [1.54, 1.807) is 13.2 Å². The van der Waals surface area contributed by atoms with Gasteiger partial charge in [0.25, 0.3) is 0 Å². The van der Waals surface area contributed by atoms with Crippen LogP contribution in [-0.4, -0.2) is 23.9 Å². The van der Waals surface area contributed by atoms with E-state index in [-0.39, 0.29) is 0 Å². The molecule has 18 heavy (non-hydrogen) atoms. The molecule has 2 rings (SSSR count). The topological polar surface area (TPSA) is 73.2 Å². The first-order chi connectivity index (χ1) is 8.65. The summed E-state index contributed by atoms with van der Waals surface area (Å²) in [5.41, 5.74) is 8.35. The predicted octanol–water partition coefficient (Wildman–Crippen LogP) is 2.37. The highest BCUT2D eigenvalue weighted by molar-refractivity contribution is 5.71. The molecule has 0 atom stereocenters. The van der Waals surface area contributed by atoms with Crippen LogP contribution in [0.4, 0.5) is 5.82 Å². The Kier molecular flexibility index (Phi) is 3.41. The van der Waals surface area contributed by atoms with Gasteiger partial charge >= 0.3 is 0 Å². The zero-order valence-corrected chi connectivity index (χ0v) is 10.8. The van der Waals surface area contributed by atoms with E-state index in [4.69, 9.17) is 15.2 Å². The molecule has 0 saturated carbocycles. The van der Waals surface area contributed by atoms with E-state index in [1.807, 2.05) is 26.0 Å². The van der Waals surface area contributed by atoms with Gasteiger partial charge in [0.05, 0.1) is 19.4 Å². The summed E-state index contributed by atoms with van der Waals surface area (Å²) in [6.07, 6.45) is 0. The second kappa shape index (κ2) is 5.00. The van der Waals surface area contributed by atoms with Crippen LogP contribution in [0.15, 0.2) is 18.2 Å². The quantitative estimate of drug-likeness (QED) is 0.870. The Morgan fingerprint density at radius 1 is 1.28 bits per heavy atom. The molecule has 96 valence electrons. The Hall–Kier alpha value is -2.17. The van der Waals surface area contributed by atoms with Crippen LogP contribution in [0.2, 0.25) is 0 Å². The summed E-state index contributed by atoms with van der Waals surface area (Å²) in [4.78, 5) is 0. The second-order valence-electron chi connectivity index (χ2n) is 3.96. The van der Waals surface area contributed by atoms with Crippen molar-refractivity contribution in [1.29, 1.82) is 0 Å². The van der Waals surface area contributed by atoms with Crippen LogP contribution in [0.1, 0.15) is 12.5 Å². The van der Waals surface area contributed by atoms with Crippen molar-refractivity contribution in [3.8, 4) is 22.8 Å². The van der Waals surface area contributed by atoms with Crippen molar-refractivity contribution in [2.75, 3.05) is 19.5 Å². The van der Waals surface area contributed by atoms with Gasteiger partial charge in [0, 0.05) is 11.6 Å². The summed E-state index contributed by atoms with van der Waals surface area (Å²) in [5.74, 6) is 2.05. The van der Waals surface area contributed by atoms with Crippen LogP contribution in [0.5, 0.6) is 11.5 Å². The predicted molar refractivity (Wildman–Crippen MR) is 70.9 cm³/mol. The van der Waals surface area contributed by atoms with E-state index >= 15 is 0 Å². The molecule has 0 aliphatic heterocycles. The number of hydrogen-bond donors (Lipinski definition) is 2. The highest BCUT2D eigenvalue weighted by Gasteiger charge is 2.12. The first-order valence-corrected chi connectivity index (χ1v) is 5.78. The van der Waals surface area contributed by atoms with Gasteiger partial charge in [0.15, 0.2) is 0 Å². The number of benzene rings is 1. The van der Waals surface area contributed by atoms with Crippen molar-refractivity contribution >= 4 is 5.82 Å². The molecule has 0 aliphatic rings. The average molecular weight is 247 g/mol. The van der Waals surface area contributed by atoms with Gasteiger partial charge in [-0.2, -0.15) is 5.10 Å². The highest BCUT2D eigenvalue weighted by Crippen LogP contribution is 2.35.